The van der Waals surface area contributed by atoms with Gasteiger partial charge in [0, 0.05) is 29.6 Å². The number of benzene rings is 1. The van der Waals surface area contributed by atoms with Gasteiger partial charge in [-0.2, -0.15) is 0 Å². The summed E-state index contributed by atoms with van der Waals surface area (Å²) in [6.07, 6.45) is 0. The van der Waals surface area contributed by atoms with Crippen molar-refractivity contribution in [1.29, 1.82) is 0 Å². The maximum absolute atomic E-state index is 5.98. The molecule has 1 N–H and O–H groups in total. The topological polar surface area (TPSA) is 15.3 Å². The Balaban J connectivity index is 2.40. The van der Waals surface area contributed by atoms with Crippen LogP contribution >= 0.6 is 27.5 Å². The lowest BCUT2D eigenvalue weighted by Crippen LogP contribution is -2.40. The van der Waals surface area contributed by atoms with Gasteiger partial charge in [-0.3, -0.25) is 0 Å². The lowest BCUT2D eigenvalue weighted by molar-refractivity contribution is 0.303. The Hall–Kier alpha value is -0.0900. The summed E-state index contributed by atoms with van der Waals surface area (Å²) >= 11 is 9.43. The van der Waals surface area contributed by atoms with Gasteiger partial charge >= 0.3 is 0 Å². The summed E-state index contributed by atoms with van der Waals surface area (Å²) in [5.74, 6) is 0. The van der Waals surface area contributed by atoms with E-state index in [1.807, 2.05) is 6.07 Å². The molecule has 0 aliphatic heterocycles. The van der Waals surface area contributed by atoms with Crippen LogP contribution in [-0.4, -0.2) is 30.6 Å². The van der Waals surface area contributed by atoms with Crippen LogP contribution in [0.1, 0.15) is 26.3 Å². The van der Waals surface area contributed by atoms with E-state index in [1.54, 1.807) is 0 Å². The summed E-state index contributed by atoms with van der Waals surface area (Å²) in [6, 6.07) is 6.08. The number of hydrogen-bond donors (Lipinski definition) is 1. The molecule has 0 radical (unpaired) electrons. The number of nitrogens with zero attached hydrogens (tertiary/aromatic N) is 1. The van der Waals surface area contributed by atoms with E-state index in [1.165, 1.54) is 5.56 Å². The predicted octanol–water partition coefficient (Wildman–Crippen LogP) is 3.92. The largest absolute Gasteiger partial charge is 0.311 e. The first-order valence-corrected chi connectivity index (χ1v) is 7.32. The molecule has 0 unspecified atom stereocenters. The third-order valence-electron chi connectivity index (χ3n) is 2.59. The molecule has 2 nitrogen and oxygen atoms in total. The van der Waals surface area contributed by atoms with Crippen molar-refractivity contribution in [2.45, 2.75) is 32.9 Å². The highest BCUT2D eigenvalue weighted by Crippen LogP contribution is 2.23. The second-order valence-corrected chi connectivity index (χ2v) is 6.92. The first kappa shape index (κ1) is 16.0. The maximum Gasteiger partial charge on any atom is 0.0548 e. The molecule has 18 heavy (non-hydrogen) atoms. The number of halogens is 2. The molecule has 0 aliphatic carbocycles. The van der Waals surface area contributed by atoms with E-state index in [4.69, 9.17) is 11.6 Å². The Morgan fingerprint density at radius 1 is 1.33 bits per heavy atom. The van der Waals surface area contributed by atoms with Crippen LogP contribution in [0, 0.1) is 0 Å². The van der Waals surface area contributed by atoms with Crippen LogP contribution in [-0.2, 0) is 6.54 Å². The smallest absolute Gasteiger partial charge is 0.0548 e. The highest BCUT2D eigenvalue weighted by molar-refractivity contribution is 9.10. The summed E-state index contributed by atoms with van der Waals surface area (Å²) in [5, 5.41) is 4.25. The quantitative estimate of drug-likeness (QED) is 0.878. The van der Waals surface area contributed by atoms with Crippen molar-refractivity contribution >= 4 is 27.5 Å². The summed E-state index contributed by atoms with van der Waals surface area (Å²) < 4.78 is 0.961. The van der Waals surface area contributed by atoms with Crippen molar-refractivity contribution in [3.8, 4) is 0 Å². The molecule has 0 fully saturated rings. The zero-order valence-corrected chi connectivity index (χ0v) is 13.9. The molecule has 1 rings (SSSR count). The molecule has 0 spiro atoms. The number of rotatable bonds is 5. The van der Waals surface area contributed by atoms with E-state index in [0.29, 0.717) is 0 Å². The molecule has 0 aromatic heterocycles. The molecule has 0 saturated heterocycles. The van der Waals surface area contributed by atoms with Gasteiger partial charge in [-0.25, -0.2) is 0 Å². The van der Waals surface area contributed by atoms with Crippen LogP contribution < -0.4 is 5.32 Å². The Bertz CT molecular complexity index is 388. The van der Waals surface area contributed by atoms with E-state index in [0.717, 1.165) is 29.1 Å². The minimum absolute atomic E-state index is 0.185. The minimum atomic E-state index is 0.185. The molecule has 1 aromatic rings. The van der Waals surface area contributed by atoms with Crippen molar-refractivity contribution in [1.82, 2.24) is 10.2 Å². The van der Waals surface area contributed by atoms with E-state index in [-0.39, 0.29) is 5.54 Å². The molecule has 0 atom stereocenters. The average molecular weight is 334 g/mol. The van der Waals surface area contributed by atoms with E-state index in [2.05, 4.69) is 66.1 Å². The van der Waals surface area contributed by atoms with E-state index < -0.39 is 0 Å². The van der Waals surface area contributed by atoms with Crippen LogP contribution in [0.2, 0.25) is 5.02 Å². The summed E-state index contributed by atoms with van der Waals surface area (Å²) in [4.78, 5) is 2.30. The van der Waals surface area contributed by atoms with Crippen LogP contribution in [0.15, 0.2) is 22.7 Å². The summed E-state index contributed by atoms with van der Waals surface area (Å²) in [5.41, 5.74) is 1.45. The van der Waals surface area contributed by atoms with Crippen molar-refractivity contribution < 1.29 is 0 Å². The molecular formula is C14H22BrClN2. The first-order valence-electron chi connectivity index (χ1n) is 6.15. The second kappa shape index (κ2) is 6.90. The van der Waals surface area contributed by atoms with Crippen LogP contribution in [0.25, 0.3) is 0 Å². The predicted molar refractivity (Wildman–Crippen MR) is 83.2 cm³/mol. The van der Waals surface area contributed by atoms with Crippen molar-refractivity contribution in [3.05, 3.63) is 33.3 Å². The van der Waals surface area contributed by atoms with Crippen molar-refractivity contribution in [2.24, 2.45) is 0 Å². The fourth-order valence-corrected chi connectivity index (χ4v) is 2.19. The molecule has 0 aliphatic rings. The number of hydrogen-bond acceptors (Lipinski definition) is 2. The monoisotopic (exact) mass is 332 g/mol. The highest BCUT2D eigenvalue weighted by atomic mass is 79.9. The minimum Gasteiger partial charge on any atom is -0.311 e. The molecular weight excluding hydrogens is 312 g/mol. The zero-order valence-electron chi connectivity index (χ0n) is 11.6. The fraction of sp³-hybridized carbons (Fsp3) is 0.571. The Morgan fingerprint density at radius 3 is 2.56 bits per heavy atom. The van der Waals surface area contributed by atoms with Crippen molar-refractivity contribution in [3.63, 3.8) is 0 Å². The SMILES string of the molecule is CN(CCNC(C)(C)C)Cc1ccc(Cl)c(Br)c1. The molecule has 102 valence electrons. The summed E-state index contributed by atoms with van der Waals surface area (Å²) in [7, 11) is 2.13. The third kappa shape index (κ3) is 6.19. The van der Waals surface area contributed by atoms with Gasteiger partial charge in [-0.05, 0) is 61.4 Å². The normalized spacial score (nSPS) is 12.2. The standard InChI is InChI=1S/C14H22BrClN2/c1-14(2,3)17-7-8-18(4)10-11-5-6-13(16)12(15)9-11/h5-6,9,17H,7-8,10H2,1-4H3. The number of likely N-dealkylation sites (N-methyl/N-ethyl adjacent to an activating group) is 1. The van der Waals surface area contributed by atoms with Gasteiger partial charge in [-0.1, -0.05) is 17.7 Å². The Labute approximate surface area is 124 Å². The van der Waals surface area contributed by atoms with Gasteiger partial charge in [-0.15, -0.1) is 0 Å². The second-order valence-electron chi connectivity index (χ2n) is 5.66. The molecule has 0 bridgehead atoms. The molecule has 1 aromatic carbocycles. The average Bonchev–Trinajstić information content (AvgIpc) is 2.21. The van der Waals surface area contributed by atoms with Crippen LogP contribution in [0.3, 0.4) is 0 Å². The third-order valence-corrected chi connectivity index (χ3v) is 3.80. The maximum atomic E-state index is 5.98. The lowest BCUT2D eigenvalue weighted by Gasteiger charge is -2.23. The number of nitrogens with one attached hydrogen (secondary N) is 1. The lowest BCUT2D eigenvalue weighted by atomic mass is 10.1. The summed E-state index contributed by atoms with van der Waals surface area (Å²) in [6.45, 7) is 9.50. The van der Waals surface area contributed by atoms with Gasteiger partial charge in [0.1, 0.15) is 0 Å². The highest BCUT2D eigenvalue weighted by Gasteiger charge is 2.09. The van der Waals surface area contributed by atoms with Gasteiger partial charge in [0.05, 0.1) is 5.02 Å². The van der Waals surface area contributed by atoms with Crippen molar-refractivity contribution in [2.75, 3.05) is 20.1 Å². The van der Waals surface area contributed by atoms with Crippen LogP contribution in [0.5, 0.6) is 0 Å². The fourth-order valence-electron chi connectivity index (χ4n) is 1.65. The van der Waals surface area contributed by atoms with Gasteiger partial charge in [0.25, 0.3) is 0 Å². The first-order chi connectivity index (χ1) is 8.28. The van der Waals surface area contributed by atoms with E-state index in [9.17, 15) is 0 Å². The molecule has 4 heteroatoms. The molecule has 0 saturated carbocycles. The van der Waals surface area contributed by atoms with Gasteiger partial charge in [0.2, 0.25) is 0 Å². The van der Waals surface area contributed by atoms with E-state index >= 15 is 0 Å². The van der Waals surface area contributed by atoms with Gasteiger partial charge < -0.3 is 10.2 Å². The van der Waals surface area contributed by atoms with Gasteiger partial charge in [0.15, 0.2) is 0 Å². The molecule has 0 heterocycles. The molecule has 0 amide bonds. The Kier molecular flexibility index (Phi) is 6.12. The van der Waals surface area contributed by atoms with Crippen LogP contribution in [0.4, 0.5) is 0 Å². The Morgan fingerprint density at radius 2 is 2.00 bits per heavy atom. The zero-order chi connectivity index (χ0) is 13.8.